The summed E-state index contributed by atoms with van der Waals surface area (Å²) < 4.78 is 35.8. The smallest absolute Gasteiger partial charge is 0.273 e. The Hall–Kier alpha value is -0.260. The summed E-state index contributed by atoms with van der Waals surface area (Å²) in [6.45, 7) is 1.69. The van der Waals surface area contributed by atoms with Gasteiger partial charge >= 0.3 is 0 Å². The molecule has 0 amide bonds. The van der Waals surface area contributed by atoms with E-state index in [1.165, 1.54) is 0 Å². The highest BCUT2D eigenvalue weighted by atomic mass is 19.1. The molecule has 86 valence electrons. The third-order valence-electron chi connectivity index (χ3n) is 1.83. The lowest BCUT2D eigenvalue weighted by atomic mass is 10.1. The van der Waals surface area contributed by atoms with Gasteiger partial charge in [0, 0.05) is 5.92 Å². The maximum Gasteiger partial charge on any atom is 0.273 e. The Morgan fingerprint density at radius 2 is 1.86 bits per heavy atom. The van der Waals surface area contributed by atoms with Crippen LogP contribution in [0.25, 0.3) is 0 Å². The number of hydrogen-bond acceptors (Lipinski definition) is 3. The Kier molecular flexibility index (Phi) is 9.13. The number of hydrogen-bond donors (Lipinski definition) is 0. The fourth-order valence-electron chi connectivity index (χ4n) is 1.25. The summed E-state index contributed by atoms with van der Waals surface area (Å²) in [7, 11) is 0.500. The first-order valence-electron chi connectivity index (χ1n) is 4.65. The van der Waals surface area contributed by atoms with Crippen molar-refractivity contribution in [3.63, 3.8) is 0 Å². The van der Waals surface area contributed by atoms with Crippen LogP contribution in [0.3, 0.4) is 0 Å². The number of ether oxygens (including phenoxy) is 3. The fraction of sp³-hybridized carbons (Fsp3) is 1.00. The van der Waals surface area contributed by atoms with Gasteiger partial charge in [-0.05, 0) is 6.42 Å². The average molecular weight is 212 g/mol. The Bertz CT molecular complexity index is 103. The largest absolute Gasteiger partial charge is 0.329 e. The molecule has 0 aliphatic carbocycles. The summed E-state index contributed by atoms with van der Waals surface area (Å²) in [4.78, 5) is 0. The van der Waals surface area contributed by atoms with Gasteiger partial charge in [-0.2, -0.15) is 0 Å². The van der Waals surface area contributed by atoms with Crippen LogP contribution in [0.4, 0.5) is 8.78 Å². The fourth-order valence-corrected chi connectivity index (χ4v) is 1.25. The molecule has 0 saturated carbocycles. The molecular formula is C9H18F2O3. The zero-order valence-corrected chi connectivity index (χ0v) is 8.67. The van der Waals surface area contributed by atoms with E-state index >= 15 is 0 Å². The zero-order valence-electron chi connectivity index (χ0n) is 8.67. The van der Waals surface area contributed by atoms with Crippen LogP contribution in [0.2, 0.25) is 0 Å². The first kappa shape index (κ1) is 13.7. The molecule has 0 atom stereocenters. The van der Waals surface area contributed by atoms with E-state index in [-0.39, 0.29) is 0 Å². The number of rotatable bonds is 4. The van der Waals surface area contributed by atoms with E-state index in [0.717, 1.165) is 12.8 Å². The van der Waals surface area contributed by atoms with Crippen molar-refractivity contribution in [2.75, 3.05) is 27.3 Å². The van der Waals surface area contributed by atoms with Crippen molar-refractivity contribution in [1.82, 2.24) is 0 Å². The molecule has 0 spiro atoms. The van der Waals surface area contributed by atoms with Gasteiger partial charge < -0.3 is 9.47 Å². The van der Waals surface area contributed by atoms with Gasteiger partial charge in [-0.1, -0.05) is 13.3 Å². The average Bonchev–Trinajstić information content (AvgIpc) is 2.25. The molecular weight excluding hydrogens is 194 g/mol. The molecule has 1 rings (SSSR count). The van der Waals surface area contributed by atoms with Gasteiger partial charge in [0.25, 0.3) is 6.48 Å². The topological polar surface area (TPSA) is 27.7 Å². The number of halogens is 2. The monoisotopic (exact) mass is 212 g/mol. The summed E-state index contributed by atoms with van der Waals surface area (Å²) in [6.07, 6.45) is 2.20. The summed E-state index contributed by atoms with van der Waals surface area (Å²) in [5, 5.41) is 0. The quantitative estimate of drug-likeness (QED) is 0.715. The van der Waals surface area contributed by atoms with Crippen molar-refractivity contribution < 1.29 is 23.0 Å². The van der Waals surface area contributed by atoms with Crippen LogP contribution in [0.15, 0.2) is 0 Å². The lowest BCUT2D eigenvalue weighted by Gasteiger charge is -2.27. The molecule has 0 N–H and O–H groups in total. The summed E-state index contributed by atoms with van der Waals surface area (Å²) >= 11 is 0. The molecule has 0 unspecified atom stereocenters. The highest BCUT2D eigenvalue weighted by Crippen LogP contribution is 2.16. The molecule has 0 bridgehead atoms. The van der Waals surface area contributed by atoms with Crippen molar-refractivity contribution in [2.24, 2.45) is 5.92 Å². The summed E-state index contributed by atoms with van der Waals surface area (Å²) in [5.74, 6) is 0.439. The highest BCUT2D eigenvalue weighted by molar-refractivity contribution is 4.59. The third kappa shape index (κ3) is 5.47. The SMILES string of the molecule is CCCC1COC(OCF)OC1.CF. The minimum absolute atomic E-state index is 0.439. The lowest BCUT2D eigenvalue weighted by Crippen LogP contribution is -2.33. The van der Waals surface area contributed by atoms with Crippen molar-refractivity contribution in [2.45, 2.75) is 26.2 Å². The molecule has 1 fully saturated rings. The van der Waals surface area contributed by atoms with E-state index in [0.29, 0.717) is 26.3 Å². The van der Waals surface area contributed by atoms with E-state index in [1.54, 1.807) is 0 Å². The Balaban J connectivity index is 0.000000791. The molecule has 0 aromatic rings. The molecule has 1 aliphatic rings. The highest BCUT2D eigenvalue weighted by Gasteiger charge is 2.21. The second-order valence-corrected chi connectivity index (χ2v) is 2.89. The van der Waals surface area contributed by atoms with E-state index in [4.69, 9.17) is 9.47 Å². The van der Waals surface area contributed by atoms with E-state index < -0.39 is 13.3 Å². The third-order valence-corrected chi connectivity index (χ3v) is 1.83. The van der Waals surface area contributed by atoms with Crippen molar-refractivity contribution in [3.05, 3.63) is 0 Å². The van der Waals surface area contributed by atoms with E-state index in [2.05, 4.69) is 11.7 Å². The minimum Gasteiger partial charge on any atom is -0.329 e. The summed E-state index contributed by atoms with van der Waals surface area (Å²) in [6, 6.07) is 0. The Morgan fingerprint density at radius 3 is 2.29 bits per heavy atom. The van der Waals surface area contributed by atoms with Crippen molar-refractivity contribution in [3.8, 4) is 0 Å². The van der Waals surface area contributed by atoms with E-state index in [1.807, 2.05) is 0 Å². The Morgan fingerprint density at radius 1 is 1.29 bits per heavy atom. The molecule has 0 radical (unpaired) electrons. The second-order valence-electron chi connectivity index (χ2n) is 2.89. The normalized spacial score (nSPS) is 26.6. The predicted molar refractivity (Wildman–Crippen MR) is 48.2 cm³/mol. The Labute approximate surface area is 83.3 Å². The molecule has 5 heteroatoms. The zero-order chi connectivity index (χ0) is 10.8. The van der Waals surface area contributed by atoms with Gasteiger partial charge in [0.05, 0.1) is 20.4 Å². The van der Waals surface area contributed by atoms with Crippen LogP contribution in [-0.2, 0) is 14.2 Å². The van der Waals surface area contributed by atoms with Gasteiger partial charge in [-0.15, -0.1) is 0 Å². The first-order valence-corrected chi connectivity index (χ1v) is 4.65. The second kappa shape index (κ2) is 9.30. The van der Waals surface area contributed by atoms with Gasteiger partial charge in [0.15, 0.2) is 6.86 Å². The van der Waals surface area contributed by atoms with Gasteiger partial charge in [-0.25, -0.2) is 4.39 Å². The molecule has 1 aliphatic heterocycles. The first-order chi connectivity index (χ1) is 6.86. The molecule has 1 saturated heterocycles. The maximum absolute atomic E-state index is 11.6. The molecule has 3 nitrogen and oxygen atoms in total. The lowest BCUT2D eigenvalue weighted by molar-refractivity contribution is -0.331. The van der Waals surface area contributed by atoms with E-state index in [9.17, 15) is 8.78 Å². The van der Waals surface area contributed by atoms with Crippen molar-refractivity contribution in [1.29, 1.82) is 0 Å². The van der Waals surface area contributed by atoms with Crippen LogP contribution in [0.5, 0.6) is 0 Å². The van der Waals surface area contributed by atoms with Gasteiger partial charge in [0.2, 0.25) is 0 Å². The van der Waals surface area contributed by atoms with Crippen LogP contribution in [0.1, 0.15) is 19.8 Å². The van der Waals surface area contributed by atoms with Crippen LogP contribution >= 0.6 is 0 Å². The van der Waals surface area contributed by atoms with Gasteiger partial charge in [-0.3, -0.25) is 9.13 Å². The van der Waals surface area contributed by atoms with Crippen LogP contribution in [-0.4, -0.2) is 33.7 Å². The van der Waals surface area contributed by atoms with Crippen molar-refractivity contribution >= 4 is 0 Å². The maximum atomic E-state index is 11.6. The summed E-state index contributed by atoms with van der Waals surface area (Å²) in [5.41, 5.74) is 0. The molecule has 1 heterocycles. The standard InChI is InChI=1S/C8H15FO3.CH3F/c1-2-3-7-4-10-8(11-5-7)12-6-9;1-2/h7-8H,2-6H2,1H3;1H3. The van der Waals surface area contributed by atoms with Gasteiger partial charge in [0.1, 0.15) is 0 Å². The predicted octanol–water partition coefficient (Wildman–Crippen LogP) is 2.26. The molecule has 0 aromatic heterocycles. The van der Waals surface area contributed by atoms with Crippen LogP contribution < -0.4 is 0 Å². The number of alkyl halides is 2. The molecule has 0 aromatic carbocycles. The minimum atomic E-state index is -0.858. The van der Waals surface area contributed by atoms with Crippen LogP contribution in [0, 0.1) is 5.92 Å². The molecule has 14 heavy (non-hydrogen) atoms.